The van der Waals surface area contributed by atoms with Crippen LogP contribution in [-0.4, -0.2) is 58.2 Å². The SMILES string of the molecule is CCc1ccc(NC(=O)N2CCCC3(CC(C(=O)N(C)Cc4ccccn4)=NO3)C2)cc1. The summed E-state index contributed by atoms with van der Waals surface area (Å²) >= 11 is 0. The second kappa shape index (κ2) is 9.38. The van der Waals surface area contributed by atoms with E-state index in [1.165, 1.54) is 5.56 Å². The molecule has 1 atom stereocenters. The number of likely N-dealkylation sites (tertiary alicyclic amines) is 1. The Morgan fingerprint density at radius 3 is 2.75 bits per heavy atom. The number of benzene rings is 1. The molecule has 2 aromatic rings. The number of urea groups is 1. The molecule has 1 aromatic heterocycles. The molecule has 1 N–H and O–H groups in total. The van der Waals surface area contributed by atoms with Crippen molar-refractivity contribution in [2.45, 2.75) is 44.8 Å². The Morgan fingerprint density at radius 1 is 1.22 bits per heavy atom. The molecule has 32 heavy (non-hydrogen) atoms. The number of carbonyl (C=O) groups is 2. The molecule has 0 radical (unpaired) electrons. The summed E-state index contributed by atoms with van der Waals surface area (Å²) in [5.74, 6) is -0.176. The van der Waals surface area contributed by atoms with Crippen molar-refractivity contribution in [3.8, 4) is 0 Å². The van der Waals surface area contributed by atoms with Crippen LogP contribution in [0.3, 0.4) is 0 Å². The van der Waals surface area contributed by atoms with Gasteiger partial charge in [0.1, 0.15) is 5.71 Å². The summed E-state index contributed by atoms with van der Waals surface area (Å²) < 4.78 is 0. The number of hydrogen-bond acceptors (Lipinski definition) is 5. The van der Waals surface area contributed by atoms with Crippen LogP contribution in [0.2, 0.25) is 0 Å². The quantitative estimate of drug-likeness (QED) is 0.779. The molecule has 0 saturated carbocycles. The molecule has 1 spiro atoms. The van der Waals surface area contributed by atoms with Crippen molar-refractivity contribution in [1.82, 2.24) is 14.8 Å². The van der Waals surface area contributed by atoms with Crippen molar-refractivity contribution in [3.63, 3.8) is 0 Å². The average molecular weight is 436 g/mol. The van der Waals surface area contributed by atoms with E-state index in [0.717, 1.165) is 30.6 Å². The fourth-order valence-electron chi connectivity index (χ4n) is 4.18. The molecule has 0 aliphatic carbocycles. The normalized spacial score (nSPS) is 19.9. The van der Waals surface area contributed by atoms with E-state index >= 15 is 0 Å². The lowest BCUT2D eigenvalue weighted by Crippen LogP contribution is -2.52. The molecule has 168 valence electrons. The molecular weight excluding hydrogens is 406 g/mol. The number of anilines is 1. The van der Waals surface area contributed by atoms with Crippen LogP contribution in [-0.2, 0) is 22.6 Å². The lowest BCUT2D eigenvalue weighted by Gasteiger charge is -2.38. The number of nitrogens with zero attached hydrogens (tertiary/aromatic N) is 4. The van der Waals surface area contributed by atoms with Gasteiger partial charge in [0.2, 0.25) is 0 Å². The van der Waals surface area contributed by atoms with Crippen molar-refractivity contribution in [2.24, 2.45) is 5.16 Å². The monoisotopic (exact) mass is 435 g/mol. The van der Waals surface area contributed by atoms with Crippen molar-refractivity contribution in [1.29, 1.82) is 0 Å². The van der Waals surface area contributed by atoms with Crippen molar-refractivity contribution in [3.05, 3.63) is 59.9 Å². The van der Waals surface area contributed by atoms with E-state index in [1.54, 1.807) is 23.0 Å². The van der Waals surface area contributed by atoms with E-state index < -0.39 is 5.60 Å². The summed E-state index contributed by atoms with van der Waals surface area (Å²) in [6.45, 7) is 3.54. The molecule has 1 unspecified atom stereocenters. The average Bonchev–Trinajstić information content (AvgIpc) is 3.22. The Labute approximate surface area is 188 Å². The number of nitrogens with one attached hydrogen (secondary N) is 1. The zero-order valence-corrected chi connectivity index (χ0v) is 18.6. The molecule has 8 heteroatoms. The van der Waals surface area contributed by atoms with Gasteiger partial charge in [0, 0.05) is 31.9 Å². The summed E-state index contributed by atoms with van der Waals surface area (Å²) in [4.78, 5) is 39.1. The number of oxime groups is 1. The van der Waals surface area contributed by atoms with E-state index in [-0.39, 0.29) is 11.9 Å². The fourth-order valence-corrected chi connectivity index (χ4v) is 4.18. The largest absolute Gasteiger partial charge is 0.386 e. The van der Waals surface area contributed by atoms with E-state index in [4.69, 9.17) is 4.84 Å². The molecule has 3 heterocycles. The van der Waals surface area contributed by atoms with Crippen molar-refractivity contribution >= 4 is 23.3 Å². The van der Waals surface area contributed by atoms with Gasteiger partial charge in [-0.1, -0.05) is 30.3 Å². The summed E-state index contributed by atoms with van der Waals surface area (Å²) in [6, 6.07) is 13.3. The smallest absolute Gasteiger partial charge is 0.321 e. The first kappa shape index (κ1) is 21.8. The van der Waals surface area contributed by atoms with Crippen molar-refractivity contribution < 1.29 is 14.4 Å². The van der Waals surface area contributed by atoms with Crippen LogP contribution in [0.25, 0.3) is 0 Å². The van der Waals surface area contributed by atoms with Crippen LogP contribution >= 0.6 is 0 Å². The molecule has 2 aliphatic rings. The van der Waals surface area contributed by atoms with Gasteiger partial charge in [0.05, 0.1) is 18.8 Å². The summed E-state index contributed by atoms with van der Waals surface area (Å²) in [7, 11) is 1.73. The van der Waals surface area contributed by atoms with Gasteiger partial charge in [-0.15, -0.1) is 0 Å². The first-order valence-electron chi connectivity index (χ1n) is 11.0. The lowest BCUT2D eigenvalue weighted by molar-refractivity contribution is -0.123. The third-order valence-corrected chi connectivity index (χ3v) is 6.00. The van der Waals surface area contributed by atoms with Gasteiger partial charge in [-0.2, -0.15) is 0 Å². The van der Waals surface area contributed by atoms with Crippen LogP contribution < -0.4 is 5.32 Å². The zero-order valence-electron chi connectivity index (χ0n) is 18.6. The third kappa shape index (κ3) is 4.90. The Kier molecular flexibility index (Phi) is 6.39. The number of aryl methyl sites for hydroxylation is 1. The van der Waals surface area contributed by atoms with Crippen LogP contribution in [0.1, 0.15) is 37.4 Å². The number of carbonyl (C=O) groups excluding carboxylic acids is 2. The summed E-state index contributed by atoms with van der Waals surface area (Å²) in [5, 5.41) is 7.08. The third-order valence-electron chi connectivity index (χ3n) is 6.00. The number of piperidine rings is 1. The van der Waals surface area contributed by atoms with Gasteiger partial charge in [-0.05, 0) is 49.1 Å². The van der Waals surface area contributed by atoms with Crippen LogP contribution in [0.5, 0.6) is 0 Å². The number of amides is 3. The highest BCUT2D eigenvalue weighted by Gasteiger charge is 2.46. The standard InChI is InChI=1S/C24H29N5O3/c1-3-18-8-10-19(11-9-18)26-23(31)29-14-6-12-24(17-29)15-21(27-32-24)22(30)28(2)16-20-7-4-5-13-25-20/h4-5,7-11,13H,3,6,12,14-17H2,1-2H3,(H,26,31). The number of pyridine rings is 1. The summed E-state index contributed by atoms with van der Waals surface area (Å²) in [6.07, 6.45) is 4.61. The molecule has 1 saturated heterocycles. The molecule has 2 aliphatic heterocycles. The molecule has 4 rings (SSSR count). The zero-order chi connectivity index (χ0) is 22.6. The van der Waals surface area contributed by atoms with Gasteiger partial charge in [-0.25, -0.2) is 4.79 Å². The molecule has 8 nitrogen and oxygen atoms in total. The maximum Gasteiger partial charge on any atom is 0.321 e. The first-order valence-corrected chi connectivity index (χ1v) is 11.0. The Bertz CT molecular complexity index is 992. The number of hydrogen-bond donors (Lipinski definition) is 1. The highest BCUT2D eigenvalue weighted by Crippen LogP contribution is 2.34. The van der Waals surface area contributed by atoms with Crippen LogP contribution in [0.4, 0.5) is 10.5 Å². The second-order valence-corrected chi connectivity index (χ2v) is 8.48. The second-order valence-electron chi connectivity index (χ2n) is 8.48. The van der Waals surface area contributed by atoms with Gasteiger partial charge >= 0.3 is 6.03 Å². The highest BCUT2D eigenvalue weighted by atomic mass is 16.7. The Hall–Kier alpha value is -3.42. The predicted molar refractivity (Wildman–Crippen MR) is 122 cm³/mol. The first-order chi connectivity index (χ1) is 15.5. The van der Waals surface area contributed by atoms with Gasteiger partial charge in [-0.3, -0.25) is 9.78 Å². The van der Waals surface area contributed by atoms with Crippen molar-refractivity contribution in [2.75, 3.05) is 25.5 Å². The highest BCUT2D eigenvalue weighted by molar-refractivity contribution is 6.39. The van der Waals surface area contributed by atoms with Gasteiger partial charge < -0.3 is 20.0 Å². The fraction of sp³-hybridized carbons (Fsp3) is 0.417. The van der Waals surface area contributed by atoms with Crippen LogP contribution in [0, 0.1) is 0 Å². The van der Waals surface area contributed by atoms with Gasteiger partial charge in [0.15, 0.2) is 5.60 Å². The maximum atomic E-state index is 12.9. The topological polar surface area (TPSA) is 87.1 Å². The Balaban J connectivity index is 1.34. The van der Waals surface area contributed by atoms with Crippen LogP contribution in [0.15, 0.2) is 53.8 Å². The predicted octanol–water partition coefficient (Wildman–Crippen LogP) is 3.45. The van der Waals surface area contributed by atoms with Gasteiger partial charge in [0.25, 0.3) is 5.91 Å². The van der Waals surface area contributed by atoms with E-state index in [1.807, 2.05) is 42.5 Å². The molecule has 3 amide bonds. The minimum atomic E-state index is -0.640. The molecule has 0 bridgehead atoms. The van der Waals surface area contributed by atoms with E-state index in [9.17, 15) is 9.59 Å². The molecule has 1 fully saturated rings. The lowest BCUT2D eigenvalue weighted by atomic mass is 9.88. The number of aromatic nitrogens is 1. The minimum absolute atomic E-state index is 0.163. The summed E-state index contributed by atoms with van der Waals surface area (Å²) in [5.41, 5.74) is 2.55. The minimum Gasteiger partial charge on any atom is -0.386 e. The van der Waals surface area contributed by atoms with E-state index in [0.29, 0.717) is 31.8 Å². The Morgan fingerprint density at radius 2 is 2.03 bits per heavy atom. The maximum absolute atomic E-state index is 12.9. The molecule has 1 aromatic carbocycles. The molecular formula is C24H29N5O3. The van der Waals surface area contributed by atoms with E-state index in [2.05, 4.69) is 22.4 Å². The number of rotatable bonds is 5.